The summed E-state index contributed by atoms with van der Waals surface area (Å²) in [5, 5.41) is 4.46. The second-order valence-corrected chi connectivity index (χ2v) is 3.61. The summed E-state index contributed by atoms with van der Waals surface area (Å²) in [5.41, 5.74) is 3.49. The van der Waals surface area contributed by atoms with Crippen molar-refractivity contribution in [2.24, 2.45) is 0 Å². The molecule has 2 heteroatoms. The number of benzene rings is 1. The lowest BCUT2D eigenvalue weighted by Gasteiger charge is -2.16. The van der Waals surface area contributed by atoms with Crippen LogP contribution in [-0.4, -0.2) is 11.5 Å². The molecule has 1 N–H and O–H groups in total. The monoisotopic (exact) mass is 183 g/mol. The fourth-order valence-corrected chi connectivity index (χ4v) is 1.90. The lowest BCUT2D eigenvalue weighted by Crippen LogP contribution is -2.24. The Morgan fingerprint density at radius 1 is 1.29 bits per heavy atom. The fourth-order valence-electron chi connectivity index (χ4n) is 1.90. The Balaban J connectivity index is 2.27. The van der Waals surface area contributed by atoms with E-state index >= 15 is 0 Å². The first kappa shape index (κ1) is 7.94. The molecule has 0 bridgehead atoms. The van der Waals surface area contributed by atoms with Gasteiger partial charge in [-0.15, -0.1) is 0 Å². The van der Waals surface area contributed by atoms with Gasteiger partial charge in [0.2, 0.25) is 0 Å². The van der Waals surface area contributed by atoms with E-state index in [0.29, 0.717) is 0 Å². The van der Waals surface area contributed by atoms with E-state index in [1.807, 2.05) is 18.2 Å². The number of nitrogens with zero attached hydrogens (tertiary/aromatic N) is 1. The first-order valence-electron chi connectivity index (χ1n) is 4.94. The Bertz CT molecular complexity index is 432. The van der Waals surface area contributed by atoms with Gasteiger partial charge in [0.1, 0.15) is 0 Å². The summed E-state index contributed by atoms with van der Waals surface area (Å²) in [5.74, 6) is 0. The number of rotatable bonds is 0. The molecule has 69 valence electrons. The molecule has 1 aromatic carbocycles. The van der Waals surface area contributed by atoms with Crippen LogP contribution < -0.4 is 5.32 Å². The maximum absolute atomic E-state index is 4.62. The van der Waals surface area contributed by atoms with E-state index < -0.39 is 0 Å². The topological polar surface area (TPSA) is 24.9 Å². The van der Waals surface area contributed by atoms with Crippen LogP contribution in [0.1, 0.15) is 11.3 Å². The molecule has 14 heavy (non-hydrogen) atoms. The van der Waals surface area contributed by atoms with Gasteiger partial charge in [0, 0.05) is 11.9 Å². The van der Waals surface area contributed by atoms with Gasteiger partial charge in [-0.3, -0.25) is 4.98 Å². The second-order valence-electron chi connectivity index (χ2n) is 3.61. The molecule has 0 saturated heterocycles. The van der Waals surface area contributed by atoms with Gasteiger partial charge < -0.3 is 5.32 Å². The molecule has 2 nitrogen and oxygen atoms in total. The molecule has 0 saturated carbocycles. The highest BCUT2D eigenvalue weighted by Gasteiger charge is 2.10. The Kier molecular flexibility index (Phi) is 1.74. The first-order chi connectivity index (χ1) is 6.93. The van der Waals surface area contributed by atoms with Crippen LogP contribution in [0, 0.1) is 6.07 Å². The van der Waals surface area contributed by atoms with E-state index in [1.54, 1.807) is 0 Å². The number of hydrogen-bond acceptors (Lipinski definition) is 2. The predicted octanol–water partition coefficient (Wildman–Crippen LogP) is 1.68. The van der Waals surface area contributed by atoms with Crippen LogP contribution in [-0.2, 0) is 13.0 Å². The number of para-hydroxylation sites is 1. The van der Waals surface area contributed by atoms with E-state index in [-0.39, 0.29) is 0 Å². The highest BCUT2D eigenvalue weighted by atomic mass is 14.9. The van der Waals surface area contributed by atoms with Crippen molar-refractivity contribution in [1.82, 2.24) is 10.3 Å². The molecular weight excluding hydrogens is 172 g/mol. The highest BCUT2D eigenvalue weighted by Crippen LogP contribution is 2.17. The third kappa shape index (κ3) is 1.19. The summed E-state index contributed by atoms with van der Waals surface area (Å²) in [6.07, 6.45) is 1.05. The van der Waals surface area contributed by atoms with Gasteiger partial charge in [-0.2, -0.15) is 0 Å². The summed E-state index contributed by atoms with van der Waals surface area (Å²) in [6, 6.07) is 11.6. The first-order valence-corrected chi connectivity index (χ1v) is 4.94. The molecule has 1 aliphatic heterocycles. The largest absolute Gasteiger partial charge is 0.311 e. The van der Waals surface area contributed by atoms with Crippen molar-refractivity contribution in [3.63, 3.8) is 0 Å². The van der Waals surface area contributed by atoms with Gasteiger partial charge in [0.25, 0.3) is 0 Å². The zero-order chi connectivity index (χ0) is 9.38. The van der Waals surface area contributed by atoms with Crippen LogP contribution in [0.25, 0.3) is 10.9 Å². The fraction of sp³-hybridized carbons (Fsp3) is 0.250. The number of fused-ring (bicyclic) bond motifs is 2. The maximum Gasteiger partial charge on any atom is 0.0712 e. The molecule has 0 amide bonds. The number of pyridine rings is 1. The van der Waals surface area contributed by atoms with Gasteiger partial charge in [-0.05, 0) is 30.7 Å². The van der Waals surface area contributed by atoms with Crippen molar-refractivity contribution < 1.29 is 0 Å². The maximum atomic E-state index is 4.62. The minimum atomic E-state index is 0.886. The van der Waals surface area contributed by atoms with Crippen molar-refractivity contribution in [3.05, 3.63) is 41.6 Å². The van der Waals surface area contributed by atoms with Crippen molar-refractivity contribution >= 4 is 10.9 Å². The van der Waals surface area contributed by atoms with Gasteiger partial charge >= 0.3 is 0 Å². The Morgan fingerprint density at radius 3 is 3.21 bits per heavy atom. The summed E-state index contributed by atoms with van der Waals surface area (Å²) in [7, 11) is 0. The van der Waals surface area contributed by atoms with Gasteiger partial charge in [0.15, 0.2) is 0 Å². The molecule has 0 atom stereocenters. The Morgan fingerprint density at radius 2 is 2.21 bits per heavy atom. The Labute approximate surface area is 83.0 Å². The molecule has 0 aliphatic carbocycles. The molecule has 0 fully saturated rings. The lowest BCUT2D eigenvalue weighted by molar-refractivity contribution is 0.629. The minimum Gasteiger partial charge on any atom is -0.311 e. The van der Waals surface area contributed by atoms with E-state index in [4.69, 9.17) is 0 Å². The summed E-state index contributed by atoms with van der Waals surface area (Å²) < 4.78 is 0. The zero-order valence-electron chi connectivity index (χ0n) is 7.88. The van der Waals surface area contributed by atoms with Crippen LogP contribution in [0.4, 0.5) is 0 Å². The van der Waals surface area contributed by atoms with Crippen molar-refractivity contribution in [1.29, 1.82) is 0 Å². The van der Waals surface area contributed by atoms with Crippen LogP contribution in [0.3, 0.4) is 0 Å². The highest BCUT2D eigenvalue weighted by molar-refractivity contribution is 5.78. The second kappa shape index (κ2) is 3.07. The number of nitrogens with one attached hydrogen (secondary N) is 1. The molecule has 1 aliphatic rings. The molecule has 2 heterocycles. The summed E-state index contributed by atoms with van der Waals surface area (Å²) in [4.78, 5) is 4.62. The predicted molar refractivity (Wildman–Crippen MR) is 56.0 cm³/mol. The third-order valence-electron chi connectivity index (χ3n) is 2.64. The molecule has 1 radical (unpaired) electrons. The van der Waals surface area contributed by atoms with E-state index in [0.717, 1.165) is 36.1 Å². The van der Waals surface area contributed by atoms with Crippen molar-refractivity contribution in [2.75, 3.05) is 6.54 Å². The van der Waals surface area contributed by atoms with E-state index in [2.05, 4.69) is 22.4 Å². The molecular formula is C12H11N2. The molecule has 3 rings (SSSR count). The van der Waals surface area contributed by atoms with Crippen molar-refractivity contribution in [2.45, 2.75) is 13.0 Å². The number of hydrogen-bond donors (Lipinski definition) is 1. The molecule has 2 aromatic rings. The molecule has 0 spiro atoms. The minimum absolute atomic E-state index is 0.886. The van der Waals surface area contributed by atoms with Crippen LogP contribution in [0.5, 0.6) is 0 Å². The average molecular weight is 183 g/mol. The smallest absolute Gasteiger partial charge is 0.0712 e. The van der Waals surface area contributed by atoms with Crippen LogP contribution in [0.15, 0.2) is 24.3 Å². The standard InChI is InChI=1S/C12H11N2/c1-2-4-11-9(3-1)7-10-5-6-13-8-12(10)14-11/h1-4,13H,5-6,8H2. The third-order valence-corrected chi connectivity index (χ3v) is 2.64. The van der Waals surface area contributed by atoms with Gasteiger partial charge in [-0.1, -0.05) is 18.2 Å². The zero-order valence-corrected chi connectivity index (χ0v) is 7.88. The van der Waals surface area contributed by atoms with Crippen LogP contribution in [0.2, 0.25) is 0 Å². The Hall–Kier alpha value is -1.41. The average Bonchev–Trinajstić information content (AvgIpc) is 2.26. The summed E-state index contributed by atoms with van der Waals surface area (Å²) >= 11 is 0. The summed E-state index contributed by atoms with van der Waals surface area (Å²) in [6.45, 7) is 1.93. The van der Waals surface area contributed by atoms with Gasteiger partial charge in [0.05, 0.1) is 11.2 Å². The molecule has 1 aromatic heterocycles. The number of aromatic nitrogens is 1. The van der Waals surface area contributed by atoms with Crippen molar-refractivity contribution in [3.8, 4) is 0 Å². The quantitative estimate of drug-likeness (QED) is 0.672. The lowest BCUT2D eigenvalue weighted by atomic mass is 10.0. The normalized spacial score (nSPS) is 15.4. The van der Waals surface area contributed by atoms with E-state index in [1.165, 1.54) is 5.56 Å². The molecule has 0 unspecified atom stereocenters. The van der Waals surface area contributed by atoms with Crippen LogP contribution >= 0.6 is 0 Å². The van der Waals surface area contributed by atoms with Gasteiger partial charge in [-0.25, -0.2) is 0 Å². The SMILES string of the molecule is [c]1c2c(nc3ccccc13)CNCC2. The van der Waals surface area contributed by atoms with E-state index in [9.17, 15) is 0 Å².